The van der Waals surface area contributed by atoms with Crippen molar-refractivity contribution in [3.63, 3.8) is 0 Å². The number of H-pyrrole nitrogens is 2. The molecule has 6 heteroatoms. The highest BCUT2D eigenvalue weighted by molar-refractivity contribution is 5.75. The Labute approximate surface area is 225 Å². The van der Waals surface area contributed by atoms with Crippen molar-refractivity contribution in [1.29, 1.82) is 0 Å². The van der Waals surface area contributed by atoms with Crippen molar-refractivity contribution in [2.24, 2.45) is 11.8 Å². The van der Waals surface area contributed by atoms with Gasteiger partial charge in [0.05, 0.1) is 16.7 Å². The first-order chi connectivity index (χ1) is 17.7. The Morgan fingerprint density at radius 2 is 1.55 bits per heavy atom. The van der Waals surface area contributed by atoms with Crippen LogP contribution in [0.4, 0.5) is 13.2 Å². The number of aromatic amines is 2. The normalized spacial score (nSPS) is 17.6. The molecule has 4 rings (SSSR count). The minimum atomic E-state index is -4.34. The molecule has 3 N–H and O–H groups in total. The van der Waals surface area contributed by atoms with Crippen molar-refractivity contribution in [2.45, 2.75) is 85.4 Å². The molecule has 3 aromatic rings. The summed E-state index contributed by atoms with van der Waals surface area (Å²) in [6.45, 7) is 19.8. The third-order valence-corrected chi connectivity index (χ3v) is 6.86. The number of rotatable bonds is 5. The van der Waals surface area contributed by atoms with Gasteiger partial charge in [0.2, 0.25) is 0 Å². The number of imidazole rings is 1. The highest BCUT2D eigenvalue weighted by Gasteiger charge is 2.31. The van der Waals surface area contributed by atoms with Gasteiger partial charge in [-0.1, -0.05) is 50.3 Å². The van der Waals surface area contributed by atoms with Crippen LogP contribution in [0.15, 0.2) is 61.2 Å². The zero-order valence-corrected chi connectivity index (χ0v) is 23.7. The van der Waals surface area contributed by atoms with E-state index in [2.05, 4.69) is 30.0 Å². The van der Waals surface area contributed by atoms with E-state index in [1.54, 1.807) is 0 Å². The predicted molar refractivity (Wildman–Crippen MR) is 153 cm³/mol. The number of nitrogens with one attached hydrogen (secondary N) is 2. The zero-order chi connectivity index (χ0) is 28.7. The molecule has 0 radical (unpaired) electrons. The van der Waals surface area contributed by atoms with Crippen LogP contribution < -0.4 is 4.98 Å². The van der Waals surface area contributed by atoms with Gasteiger partial charge in [0.1, 0.15) is 0 Å². The second-order valence-corrected chi connectivity index (χ2v) is 10.8. The first-order valence-electron chi connectivity index (χ1n) is 13.5. The molecule has 1 aliphatic rings. The summed E-state index contributed by atoms with van der Waals surface area (Å²) in [5, 5.41) is 9.73. The fourth-order valence-corrected chi connectivity index (χ4v) is 4.87. The van der Waals surface area contributed by atoms with Crippen molar-refractivity contribution in [2.75, 3.05) is 0 Å². The first kappa shape index (κ1) is 31.4. The number of fused-ring (bicyclic) bond motifs is 1. The minimum Gasteiger partial charge on any atom is -0.390 e. The molecule has 38 heavy (non-hydrogen) atoms. The summed E-state index contributed by atoms with van der Waals surface area (Å²) in [5.74, 6) is 2.14. The number of aromatic nitrogens is 2. The molecular formula is C32H44F3N2O+. The van der Waals surface area contributed by atoms with Gasteiger partial charge in [-0.2, -0.15) is 13.2 Å². The van der Waals surface area contributed by atoms with Crippen LogP contribution in [0.3, 0.4) is 0 Å². The maximum atomic E-state index is 12.7. The molecule has 1 saturated carbocycles. The second-order valence-electron chi connectivity index (χ2n) is 10.8. The van der Waals surface area contributed by atoms with E-state index in [0.29, 0.717) is 16.9 Å². The maximum Gasteiger partial charge on any atom is 0.416 e. The fraction of sp³-hybridized carbons (Fsp3) is 0.469. The van der Waals surface area contributed by atoms with Gasteiger partial charge < -0.3 is 5.11 Å². The van der Waals surface area contributed by atoms with E-state index >= 15 is 0 Å². The summed E-state index contributed by atoms with van der Waals surface area (Å²) in [6, 6.07) is 11.3. The smallest absolute Gasteiger partial charge is 0.390 e. The molecule has 0 bridgehead atoms. The molecule has 1 aromatic heterocycles. The van der Waals surface area contributed by atoms with Crippen LogP contribution in [-0.2, 0) is 6.18 Å². The molecule has 0 spiro atoms. The minimum absolute atomic E-state index is 0.425. The second kappa shape index (κ2) is 13.3. The van der Waals surface area contributed by atoms with Crippen molar-refractivity contribution in [3.8, 4) is 11.4 Å². The van der Waals surface area contributed by atoms with Crippen LogP contribution in [-0.4, -0.2) is 15.7 Å². The third-order valence-electron chi connectivity index (χ3n) is 6.86. The lowest BCUT2D eigenvalue weighted by Gasteiger charge is -2.32. The van der Waals surface area contributed by atoms with Crippen molar-refractivity contribution in [1.82, 2.24) is 4.98 Å². The van der Waals surface area contributed by atoms with Gasteiger partial charge in [-0.25, -0.2) is 9.97 Å². The average molecular weight is 530 g/mol. The highest BCUT2D eigenvalue weighted by Crippen LogP contribution is 2.36. The van der Waals surface area contributed by atoms with Crippen LogP contribution >= 0.6 is 0 Å². The maximum absolute atomic E-state index is 12.7. The van der Waals surface area contributed by atoms with Crippen LogP contribution in [0.25, 0.3) is 28.0 Å². The van der Waals surface area contributed by atoms with E-state index in [1.165, 1.54) is 37.3 Å². The Morgan fingerprint density at radius 3 is 2.03 bits per heavy atom. The molecule has 1 aliphatic carbocycles. The Bertz CT molecular complexity index is 1190. The van der Waals surface area contributed by atoms with E-state index in [4.69, 9.17) is 0 Å². The molecule has 0 aliphatic heterocycles. The van der Waals surface area contributed by atoms with Crippen molar-refractivity contribution in [3.05, 3.63) is 72.3 Å². The summed E-state index contributed by atoms with van der Waals surface area (Å²) in [7, 11) is 0. The van der Waals surface area contributed by atoms with E-state index < -0.39 is 17.3 Å². The van der Waals surface area contributed by atoms with E-state index in [-0.39, 0.29) is 0 Å². The van der Waals surface area contributed by atoms with Gasteiger partial charge >= 0.3 is 6.18 Å². The lowest BCUT2D eigenvalue weighted by atomic mass is 9.76. The van der Waals surface area contributed by atoms with Gasteiger partial charge in [0.25, 0.3) is 5.82 Å². The molecular weight excluding hydrogens is 485 g/mol. The lowest BCUT2D eigenvalue weighted by Crippen LogP contribution is -2.26. The lowest BCUT2D eigenvalue weighted by molar-refractivity contribution is -0.330. The number of allylic oxidation sites excluding steroid dienone is 2. The third kappa shape index (κ3) is 9.16. The van der Waals surface area contributed by atoms with Crippen molar-refractivity contribution < 1.29 is 23.3 Å². The fourth-order valence-electron chi connectivity index (χ4n) is 4.87. The predicted octanol–water partition coefficient (Wildman–Crippen LogP) is 9.26. The quantitative estimate of drug-likeness (QED) is 0.318. The number of hydrogen-bond donors (Lipinski definition) is 2. The van der Waals surface area contributed by atoms with Gasteiger partial charge in [-0.15, -0.1) is 0 Å². The van der Waals surface area contributed by atoms with Crippen molar-refractivity contribution >= 4 is 16.6 Å². The van der Waals surface area contributed by atoms with E-state index in [9.17, 15) is 18.3 Å². The topological polar surface area (TPSA) is 50.2 Å². The Kier molecular flexibility index (Phi) is 11.0. The largest absolute Gasteiger partial charge is 0.416 e. The molecule has 0 saturated heterocycles. The van der Waals surface area contributed by atoms with Gasteiger partial charge in [-0.05, 0) is 101 Å². The van der Waals surface area contributed by atoms with Crippen LogP contribution in [0.5, 0.6) is 0 Å². The van der Waals surface area contributed by atoms with E-state index in [0.717, 1.165) is 47.1 Å². The molecule has 208 valence electrons. The van der Waals surface area contributed by atoms with Gasteiger partial charge in [0, 0.05) is 6.07 Å². The first-order valence-corrected chi connectivity index (χ1v) is 13.5. The number of benzene rings is 2. The number of hydrogen-bond acceptors (Lipinski definition) is 1. The summed E-state index contributed by atoms with van der Waals surface area (Å²) >= 11 is 0. The Hall–Kier alpha value is -2.86. The number of aliphatic hydroxyl groups is 1. The summed E-state index contributed by atoms with van der Waals surface area (Å²) in [4.78, 5) is 6.09. The Balaban J connectivity index is 0.000000274. The number of alkyl halides is 3. The highest BCUT2D eigenvalue weighted by atomic mass is 19.4. The van der Waals surface area contributed by atoms with Crippen LogP contribution in [0.1, 0.15) is 84.8 Å². The molecule has 2 aromatic carbocycles. The summed E-state index contributed by atoms with van der Waals surface area (Å²) in [6.07, 6.45) is 1.69. The number of halogens is 3. The Morgan fingerprint density at radius 1 is 0.974 bits per heavy atom. The molecule has 0 unspecified atom stereocenters. The summed E-state index contributed by atoms with van der Waals surface area (Å²) in [5.41, 5.74) is 4.10. The molecule has 3 nitrogen and oxygen atoms in total. The van der Waals surface area contributed by atoms with Crippen LogP contribution in [0.2, 0.25) is 0 Å². The van der Waals surface area contributed by atoms with Gasteiger partial charge in [0.15, 0.2) is 11.0 Å². The molecule has 1 fully saturated rings. The molecule has 1 heterocycles. The van der Waals surface area contributed by atoms with Crippen LogP contribution in [0, 0.1) is 11.8 Å². The standard InChI is InChI=1S/C17H13F3N2.C13H24O.C2H6/c1-10(2)11-3-5-12(6-4-11)16-21-14-8-7-13(17(18,19)20)9-15(14)22-16;1-10(2)12-7-5-11(6-8-12)9-13(3,4)14;1-2/h3-9H,1H2,2H3,(H,21,22);11-12,14H,1,5-9H2,2-4H3;1-2H3/p+1. The average Bonchev–Trinajstić information content (AvgIpc) is 3.28. The SMILES string of the molecule is C=C(C)C1CCC(CC(C)(C)O)CC1.C=C(C)c1ccc(-c2[nH]c3cc(C(F)(F)F)ccc3[nH+]2)cc1.CC. The molecule has 0 atom stereocenters. The zero-order valence-electron chi connectivity index (χ0n) is 23.7. The van der Waals surface area contributed by atoms with E-state index in [1.807, 2.05) is 58.9 Å². The monoisotopic (exact) mass is 529 g/mol. The molecule has 0 amide bonds. The summed E-state index contributed by atoms with van der Waals surface area (Å²) < 4.78 is 38.2. The van der Waals surface area contributed by atoms with Gasteiger partial charge in [-0.3, -0.25) is 0 Å².